The lowest BCUT2D eigenvalue weighted by Gasteiger charge is -2.32. The van der Waals surface area contributed by atoms with E-state index >= 15 is 0 Å². The van der Waals surface area contributed by atoms with Crippen molar-refractivity contribution in [1.82, 2.24) is 15.0 Å². The molecule has 5 nitrogen and oxygen atoms in total. The molecule has 3 rings (SSSR count). The first-order valence-electron chi connectivity index (χ1n) is 8.73. The Morgan fingerprint density at radius 1 is 1.16 bits per heavy atom. The number of aromatic nitrogens is 3. The van der Waals surface area contributed by atoms with Crippen molar-refractivity contribution in [2.75, 3.05) is 18.0 Å². The van der Waals surface area contributed by atoms with Gasteiger partial charge in [0.05, 0.1) is 11.8 Å². The Morgan fingerprint density at radius 2 is 1.88 bits per heavy atom. The number of β-amino-alcohol motifs (C(OH)–C–C–N with tert-alkyl or cyclic N) is 1. The first kappa shape index (κ1) is 18.8. The quantitative estimate of drug-likeness (QED) is 0.918. The van der Waals surface area contributed by atoms with Crippen LogP contribution in [0.2, 0.25) is 0 Å². The molecule has 0 saturated carbocycles. The molecule has 1 aliphatic rings. The number of pyridine rings is 1. The lowest BCUT2D eigenvalue weighted by molar-refractivity contribution is 0.154. The number of aliphatic hydroxyl groups is 1. The predicted molar refractivity (Wildman–Crippen MR) is 104 cm³/mol. The van der Waals surface area contributed by atoms with Crippen molar-refractivity contribution in [3.05, 3.63) is 48.9 Å². The van der Waals surface area contributed by atoms with Crippen LogP contribution in [0, 0.1) is 0 Å². The molecule has 3 heterocycles. The van der Waals surface area contributed by atoms with E-state index in [1.807, 2.05) is 26.0 Å². The van der Waals surface area contributed by atoms with Crippen LogP contribution in [-0.4, -0.2) is 39.3 Å². The maximum absolute atomic E-state index is 9.98. The van der Waals surface area contributed by atoms with E-state index in [9.17, 15) is 5.11 Å². The monoisotopic (exact) mass is 338 g/mol. The smallest absolute Gasteiger partial charge is 0.162 e. The second-order valence-corrected chi connectivity index (χ2v) is 5.56. The molecule has 132 valence electrons. The first-order valence-corrected chi connectivity index (χ1v) is 8.73. The zero-order chi connectivity index (χ0) is 18.2. The number of hydrogen-bond acceptors (Lipinski definition) is 5. The number of hydrogen-bond donors (Lipinski definition) is 1. The van der Waals surface area contributed by atoms with E-state index < -0.39 is 0 Å². The fraction of sp³-hybridized carbons (Fsp3) is 0.350. The van der Waals surface area contributed by atoms with Crippen LogP contribution >= 0.6 is 0 Å². The number of aliphatic hydroxyl groups excluding tert-OH is 1. The van der Waals surface area contributed by atoms with E-state index in [2.05, 4.69) is 28.0 Å². The summed E-state index contributed by atoms with van der Waals surface area (Å²) in [5.41, 5.74) is 2.50. The topological polar surface area (TPSA) is 62.1 Å². The van der Waals surface area contributed by atoms with Crippen molar-refractivity contribution in [3.63, 3.8) is 0 Å². The summed E-state index contributed by atoms with van der Waals surface area (Å²) in [4.78, 5) is 15.5. The van der Waals surface area contributed by atoms with Gasteiger partial charge in [0, 0.05) is 36.6 Å². The Bertz CT molecular complexity index is 715. The Labute approximate surface area is 149 Å². The van der Waals surface area contributed by atoms with Gasteiger partial charge in [-0.3, -0.25) is 4.98 Å². The molecule has 1 unspecified atom stereocenters. The highest BCUT2D eigenvalue weighted by atomic mass is 16.3. The Balaban J connectivity index is 0.00000109. The van der Waals surface area contributed by atoms with Gasteiger partial charge in [0.2, 0.25) is 0 Å². The summed E-state index contributed by atoms with van der Waals surface area (Å²) in [6.07, 6.45) is 8.35. The summed E-state index contributed by atoms with van der Waals surface area (Å²) in [5.74, 6) is 1.43. The van der Waals surface area contributed by atoms with Crippen molar-refractivity contribution in [2.45, 2.75) is 32.8 Å². The predicted octanol–water partition coefficient (Wildman–Crippen LogP) is 3.81. The molecular formula is C20H26N4O. The molecule has 5 heteroatoms. The van der Waals surface area contributed by atoms with Gasteiger partial charge in [-0.05, 0) is 31.1 Å². The summed E-state index contributed by atoms with van der Waals surface area (Å²) in [5, 5.41) is 9.98. The zero-order valence-electron chi connectivity index (χ0n) is 15.0. The highest BCUT2D eigenvalue weighted by Gasteiger charge is 2.23. The van der Waals surface area contributed by atoms with Crippen LogP contribution in [0.1, 0.15) is 37.9 Å². The van der Waals surface area contributed by atoms with E-state index in [0.29, 0.717) is 12.4 Å². The molecule has 0 aromatic carbocycles. The van der Waals surface area contributed by atoms with Gasteiger partial charge in [-0.25, -0.2) is 9.97 Å². The first-order chi connectivity index (χ1) is 12.2. The third-order valence-electron chi connectivity index (χ3n) is 3.99. The van der Waals surface area contributed by atoms with Crippen molar-refractivity contribution >= 4 is 18.0 Å². The molecule has 2 aromatic rings. The van der Waals surface area contributed by atoms with E-state index in [1.54, 1.807) is 24.5 Å². The minimum atomic E-state index is -0.326. The minimum Gasteiger partial charge on any atom is -0.391 e. The van der Waals surface area contributed by atoms with Gasteiger partial charge in [-0.2, -0.15) is 0 Å². The van der Waals surface area contributed by atoms with Crippen molar-refractivity contribution < 1.29 is 5.11 Å². The Kier molecular flexibility index (Phi) is 6.83. The molecule has 25 heavy (non-hydrogen) atoms. The number of rotatable bonds is 4. The summed E-state index contributed by atoms with van der Waals surface area (Å²) in [6.45, 7) is 13.2. The molecule has 0 aliphatic carbocycles. The summed E-state index contributed by atoms with van der Waals surface area (Å²) >= 11 is 0. The number of anilines is 1. The zero-order valence-corrected chi connectivity index (χ0v) is 15.0. The highest BCUT2D eigenvalue weighted by molar-refractivity contribution is 5.74. The molecule has 1 saturated heterocycles. The molecule has 1 atom stereocenters. The number of nitrogens with zero attached hydrogens (tertiary/aromatic N) is 4. The second kappa shape index (κ2) is 9.08. The van der Waals surface area contributed by atoms with E-state index in [4.69, 9.17) is 4.98 Å². The van der Waals surface area contributed by atoms with E-state index in [-0.39, 0.29) is 6.10 Å². The van der Waals surface area contributed by atoms with Gasteiger partial charge in [-0.15, -0.1) is 0 Å². The average Bonchev–Trinajstić information content (AvgIpc) is 2.69. The van der Waals surface area contributed by atoms with Crippen molar-refractivity contribution in [1.29, 1.82) is 0 Å². The lowest BCUT2D eigenvalue weighted by atomic mass is 10.1. The highest BCUT2D eigenvalue weighted by Crippen LogP contribution is 2.28. The molecule has 2 aromatic heterocycles. The van der Waals surface area contributed by atoms with Crippen LogP contribution in [0.4, 0.5) is 5.82 Å². The van der Waals surface area contributed by atoms with Crippen LogP contribution in [0.15, 0.2) is 37.7 Å². The van der Waals surface area contributed by atoms with E-state index in [0.717, 1.165) is 42.0 Å². The number of piperidine rings is 1. The molecule has 0 amide bonds. The molecular weight excluding hydrogens is 312 g/mol. The maximum Gasteiger partial charge on any atom is 0.162 e. The Hall–Kier alpha value is -2.53. The third kappa shape index (κ3) is 4.31. The maximum atomic E-state index is 9.98. The van der Waals surface area contributed by atoms with Gasteiger partial charge in [0.15, 0.2) is 5.82 Å². The summed E-state index contributed by atoms with van der Waals surface area (Å²) in [7, 11) is 0. The standard InChI is InChI=1S/C18H20N4O.C2H6/c1-3-15-16(4-2)20-17(13-7-9-19-10-8-13)21-18(15)22-11-5-6-14(23)12-22;1-2/h3-4,7-10,14,23H,1-2,5-6,11-12H2;1-2H3. The van der Waals surface area contributed by atoms with Gasteiger partial charge in [-0.1, -0.05) is 33.1 Å². The van der Waals surface area contributed by atoms with Gasteiger partial charge >= 0.3 is 0 Å². The van der Waals surface area contributed by atoms with Gasteiger partial charge in [0.25, 0.3) is 0 Å². The molecule has 0 spiro atoms. The molecule has 1 fully saturated rings. The third-order valence-corrected chi connectivity index (χ3v) is 3.99. The van der Waals surface area contributed by atoms with Gasteiger partial charge in [0.1, 0.15) is 5.82 Å². The fourth-order valence-corrected chi connectivity index (χ4v) is 2.84. The van der Waals surface area contributed by atoms with Crippen LogP contribution < -0.4 is 4.90 Å². The summed E-state index contributed by atoms with van der Waals surface area (Å²) in [6, 6.07) is 3.76. The summed E-state index contributed by atoms with van der Waals surface area (Å²) < 4.78 is 0. The lowest BCUT2D eigenvalue weighted by Crippen LogP contribution is -2.39. The van der Waals surface area contributed by atoms with Crippen molar-refractivity contribution in [3.8, 4) is 11.4 Å². The minimum absolute atomic E-state index is 0.326. The Morgan fingerprint density at radius 3 is 2.48 bits per heavy atom. The van der Waals surface area contributed by atoms with Crippen LogP contribution in [0.3, 0.4) is 0 Å². The van der Waals surface area contributed by atoms with Crippen molar-refractivity contribution in [2.24, 2.45) is 0 Å². The van der Waals surface area contributed by atoms with Gasteiger partial charge < -0.3 is 10.0 Å². The average molecular weight is 338 g/mol. The SMILES string of the molecule is C=Cc1nc(-c2ccncc2)nc(N2CCCC(O)C2)c1C=C.CC. The fourth-order valence-electron chi connectivity index (χ4n) is 2.84. The molecule has 0 radical (unpaired) electrons. The van der Waals surface area contributed by atoms with Crippen LogP contribution in [0.25, 0.3) is 23.5 Å². The molecule has 1 aliphatic heterocycles. The largest absolute Gasteiger partial charge is 0.391 e. The molecule has 0 bridgehead atoms. The normalized spacial score (nSPS) is 16.6. The van der Waals surface area contributed by atoms with E-state index in [1.165, 1.54) is 0 Å². The molecule has 1 N–H and O–H groups in total. The second-order valence-electron chi connectivity index (χ2n) is 5.56. The van der Waals surface area contributed by atoms with Crippen LogP contribution in [0.5, 0.6) is 0 Å². The van der Waals surface area contributed by atoms with Crippen LogP contribution in [-0.2, 0) is 0 Å².